The van der Waals surface area contributed by atoms with E-state index in [9.17, 15) is 17.9 Å². The van der Waals surface area contributed by atoms with Crippen molar-refractivity contribution >= 4 is 21.2 Å². The van der Waals surface area contributed by atoms with Crippen LogP contribution in [0.15, 0.2) is 53.4 Å². The number of aliphatic hydroxyl groups excluding tert-OH is 1. The zero-order valence-electron chi connectivity index (χ0n) is 12.7. The predicted molar refractivity (Wildman–Crippen MR) is 92.0 cm³/mol. The van der Waals surface area contributed by atoms with Crippen LogP contribution in [0.5, 0.6) is 0 Å². The van der Waals surface area contributed by atoms with Crippen LogP contribution in [0.25, 0.3) is 21.7 Å². The molecule has 0 saturated heterocycles. The maximum absolute atomic E-state index is 13.2. The Balaban J connectivity index is 2.26. The van der Waals surface area contributed by atoms with E-state index in [-0.39, 0.29) is 17.3 Å². The summed E-state index contributed by atoms with van der Waals surface area (Å²) in [6.45, 7) is -0.250. The number of aromatic nitrogens is 1. The van der Waals surface area contributed by atoms with Crippen LogP contribution in [0, 0.1) is 5.82 Å². The quantitative estimate of drug-likeness (QED) is 0.770. The lowest BCUT2D eigenvalue weighted by molar-refractivity contribution is 0.281. The molecular weight excluding hydrogens is 349 g/mol. The number of nitrogens with zero attached hydrogens (tertiary/aromatic N) is 1. The van der Waals surface area contributed by atoms with Gasteiger partial charge in [-0.1, -0.05) is 30.3 Å². The second-order valence-electron chi connectivity index (χ2n) is 5.22. The first-order valence-electron chi connectivity index (χ1n) is 7.06. The lowest BCUT2D eigenvalue weighted by Crippen LogP contribution is -2.00. The van der Waals surface area contributed by atoms with Crippen LogP contribution in [0.1, 0.15) is 5.01 Å². The molecule has 0 fully saturated rings. The highest BCUT2D eigenvalue weighted by Gasteiger charge is 2.21. The molecule has 1 N–H and O–H groups in total. The Labute approximate surface area is 143 Å². The van der Waals surface area contributed by atoms with Gasteiger partial charge in [-0.2, -0.15) is 0 Å². The highest BCUT2D eigenvalue weighted by atomic mass is 32.2. The normalized spacial score (nSPS) is 11.6. The third-order valence-electron chi connectivity index (χ3n) is 3.45. The number of aliphatic hydroxyl groups is 1. The summed E-state index contributed by atoms with van der Waals surface area (Å²) in [5, 5.41) is 9.88. The average Bonchev–Trinajstić information content (AvgIpc) is 2.99. The molecule has 0 radical (unpaired) electrons. The van der Waals surface area contributed by atoms with E-state index >= 15 is 0 Å². The average molecular weight is 363 g/mol. The minimum Gasteiger partial charge on any atom is -0.389 e. The zero-order chi connectivity index (χ0) is 17.3. The molecule has 0 amide bonds. The fraction of sp³-hybridized carbons (Fsp3) is 0.118. The molecule has 1 heterocycles. The SMILES string of the molecule is CS(=O)(=O)c1ccccc1-c1nc(CO)sc1-c1ccc(F)cc1. The Kier molecular flexibility index (Phi) is 4.49. The van der Waals surface area contributed by atoms with E-state index in [1.54, 1.807) is 30.3 Å². The maximum atomic E-state index is 13.2. The molecule has 0 saturated carbocycles. The van der Waals surface area contributed by atoms with Crippen molar-refractivity contribution in [3.63, 3.8) is 0 Å². The molecule has 0 unspecified atom stereocenters. The largest absolute Gasteiger partial charge is 0.389 e. The molecule has 3 aromatic rings. The van der Waals surface area contributed by atoms with E-state index < -0.39 is 9.84 Å². The highest BCUT2D eigenvalue weighted by molar-refractivity contribution is 7.90. The molecule has 2 aromatic carbocycles. The second-order valence-corrected chi connectivity index (χ2v) is 8.29. The summed E-state index contributed by atoms with van der Waals surface area (Å²) in [5.74, 6) is -0.358. The fourth-order valence-corrected chi connectivity index (χ4v) is 4.23. The first-order valence-corrected chi connectivity index (χ1v) is 9.77. The number of hydrogen-bond donors (Lipinski definition) is 1. The lowest BCUT2D eigenvalue weighted by Gasteiger charge is -2.08. The third kappa shape index (κ3) is 3.24. The van der Waals surface area contributed by atoms with Crippen molar-refractivity contribution in [1.29, 1.82) is 0 Å². The van der Waals surface area contributed by atoms with E-state index in [1.165, 1.54) is 29.5 Å². The van der Waals surface area contributed by atoms with E-state index in [0.717, 1.165) is 6.26 Å². The van der Waals surface area contributed by atoms with E-state index in [4.69, 9.17) is 0 Å². The molecule has 0 aliphatic rings. The van der Waals surface area contributed by atoms with Crippen molar-refractivity contribution in [2.45, 2.75) is 11.5 Å². The summed E-state index contributed by atoms with van der Waals surface area (Å²) in [5.41, 5.74) is 1.65. The lowest BCUT2D eigenvalue weighted by atomic mass is 10.1. The Morgan fingerprint density at radius 2 is 1.79 bits per heavy atom. The summed E-state index contributed by atoms with van der Waals surface area (Å²) >= 11 is 1.25. The van der Waals surface area contributed by atoms with Crippen molar-refractivity contribution < 1.29 is 17.9 Å². The molecule has 0 bridgehead atoms. The third-order valence-corrected chi connectivity index (χ3v) is 5.70. The van der Waals surface area contributed by atoms with Gasteiger partial charge in [-0.15, -0.1) is 11.3 Å². The van der Waals surface area contributed by atoms with Crippen LogP contribution in [0.4, 0.5) is 4.39 Å². The van der Waals surface area contributed by atoms with Gasteiger partial charge in [-0.05, 0) is 23.8 Å². The number of rotatable bonds is 4. The minimum atomic E-state index is -3.44. The van der Waals surface area contributed by atoms with Gasteiger partial charge in [0.15, 0.2) is 9.84 Å². The molecule has 124 valence electrons. The first-order chi connectivity index (χ1) is 11.4. The van der Waals surface area contributed by atoms with Gasteiger partial charge in [0.25, 0.3) is 0 Å². The molecule has 1 aromatic heterocycles. The minimum absolute atomic E-state index is 0.170. The van der Waals surface area contributed by atoms with Crippen LogP contribution in [0.3, 0.4) is 0 Å². The van der Waals surface area contributed by atoms with Gasteiger partial charge in [0.2, 0.25) is 0 Å². The van der Waals surface area contributed by atoms with Gasteiger partial charge in [-0.25, -0.2) is 17.8 Å². The Morgan fingerprint density at radius 1 is 1.12 bits per heavy atom. The number of sulfone groups is 1. The van der Waals surface area contributed by atoms with Crippen LogP contribution in [-0.4, -0.2) is 24.8 Å². The van der Waals surface area contributed by atoms with Crippen molar-refractivity contribution in [1.82, 2.24) is 4.98 Å². The first kappa shape index (κ1) is 16.8. The van der Waals surface area contributed by atoms with Crippen molar-refractivity contribution in [3.8, 4) is 21.7 Å². The molecule has 24 heavy (non-hydrogen) atoms. The number of halogens is 1. The fourth-order valence-electron chi connectivity index (χ4n) is 2.40. The van der Waals surface area contributed by atoms with E-state index in [2.05, 4.69) is 4.98 Å². The summed E-state index contributed by atoms with van der Waals surface area (Å²) in [6.07, 6.45) is 1.14. The van der Waals surface area contributed by atoms with Gasteiger partial charge >= 0.3 is 0 Å². The molecule has 0 spiro atoms. The molecule has 3 rings (SSSR count). The van der Waals surface area contributed by atoms with Crippen LogP contribution in [-0.2, 0) is 16.4 Å². The second kappa shape index (κ2) is 6.43. The van der Waals surface area contributed by atoms with Gasteiger partial charge < -0.3 is 5.11 Å². The molecule has 4 nitrogen and oxygen atoms in total. The molecule has 0 aliphatic carbocycles. The Bertz CT molecular complexity index is 979. The molecule has 7 heteroatoms. The summed E-state index contributed by atoms with van der Waals surface area (Å²) in [6, 6.07) is 12.5. The standard InChI is InChI=1S/C17H14FNO3S2/c1-24(21,22)14-5-3-2-4-13(14)16-17(23-15(10-20)19-16)11-6-8-12(18)9-7-11/h2-9,20H,10H2,1H3. The molecular formula is C17H14FNO3S2. The molecule has 0 atom stereocenters. The summed E-state index contributed by atoms with van der Waals surface area (Å²) in [7, 11) is -3.44. The van der Waals surface area contributed by atoms with Crippen LogP contribution < -0.4 is 0 Å². The Hall–Kier alpha value is -2.09. The van der Waals surface area contributed by atoms with E-state index in [0.29, 0.717) is 26.7 Å². The predicted octanol–water partition coefficient (Wildman–Crippen LogP) is 3.51. The zero-order valence-corrected chi connectivity index (χ0v) is 14.4. The maximum Gasteiger partial charge on any atom is 0.176 e. The summed E-state index contributed by atoms with van der Waals surface area (Å²) < 4.78 is 37.3. The van der Waals surface area contributed by atoms with Gasteiger partial charge in [0.1, 0.15) is 10.8 Å². The van der Waals surface area contributed by atoms with Gasteiger partial charge in [-0.3, -0.25) is 0 Å². The van der Waals surface area contributed by atoms with Crippen molar-refractivity contribution in [2.24, 2.45) is 0 Å². The topological polar surface area (TPSA) is 67.3 Å². The van der Waals surface area contributed by atoms with Crippen molar-refractivity contribution in [3.05, 3.63) is 59.4 Å². The Morgan fingerprint density at radius 3 is 2.42 bits per heavy atom. The van der Waals surface area contributed by atoms with Gasteiger partial charge in [0.05, 0.1) is 22.1 Å². The number of benzene rings is 2. The van der Waals surface area contributed by atoms with Crippen molar-refractivity contribution in [2.75, 3.05) is 6.26 Å². The van der Waals surface area contributed by atoms with Crippen LogP contribution >= 0.6 is 11.3 Å². The highest BCUT2D eigenvalue weighted by Crippen LogP contribution is 2.39. The van der Waals surface area contributed by atoms with Gasteiger partial charge in [0, 0.05) is 11.8 Å². The summed E-state index contributed by atoms with van der Waals surface area (Å²) in [4.78, 5) is 5.24. The number of hydrogen-bond acceptors (Lipinski definition) is 5. The molecule has 0 aliphatic heterocycles. The smallest absolute Gasteiger partial charge is 0.176 e. The monoisotopic (exact) mass is 363 g/mol. The number of thiazole rings is 1. The van der Waals surface area contributed by atoms with Crippen LogP contribution in [0.2, 0.25) is 0 Å². The van der Waals surface area contributed by atoms with E-state index in [1.807, 2.05) is 0 Å².